The van der Waals surface area contributed by atoms with E-state index in [0.717, 1.165) is 12.2 Å². The number of aryl methyl sites for hydroxylation is 2. The Labute approximate surface area is 141 Å². The van der Waals surface area contributed by atoms with Crippen molar-refractivity contribution in [1.29, 1.82) is 0 Å². The first-order valence-electron chi connectivity index (χ1n) is 8.55. The molecule has 0 aliphatic heterocycles. The van der Waals surface area contributed by atoms with Crippen molar-refractivity contribution in [2.24, 2.45) is 0 Å². The number of hydrogen-bond acceptors (Lipinski definition) is 1. The number of methoxy groups -OCH3 is 1. The lowest BCUT2D eigenvalue weighted by atomic mass is 9.85. The second-order valence-electron chi connectivity index (χ2n) is 6.48. The number of pyridine rings is 1. The minimum absolute atomic E-state index is 0.944. The highest BCUT2D eigenvalue weighted by Crippen LogP contribution is 2.42. The molecule has 0 saturated heterocycles. The smallest absolute Gasteiger partial charge is 0.126 e. The molecule has 24 heavy (non-hydrogen) atoms. The summed E-state index contributed by atoms with van der Waals surface area (Å²) in [5, 5.41) is 1.44. The highest BCUT2D eigenvalue weighted by molar-refractivity contribution is 6.00. The Balaban J connectivity index is 2.01. The molecule has 0 fully saturated rings. The first-order valence-corrected chi connectivity index (χ1v) is 8.55. The molecule has 0 bridgehead atoms. The van der Waals surface area contributed by atoms with Crippen molar-refractivity contribution < 1.29 is 4.74 Å². The maximum absolute atomic E-state index is 5.68. The number of aromatic nitrogens is 1. The third-order valence-corrected chi connectivity index (χ3v) is 5.25. The SMILES string of the molecule is COc1ccccc1-c1c2c3c(cccc3n3cccc13)CCC2. The summed E-state index contributed by atoms with van der Waals surface area (Å²) in [6, 6.07) is 19.5. The molecule has 2 aromatic heterocycles. The summed E-state index contributed by atoms with van der Waals surface area (Å²) in [5.41, 5.74) is 8.05. The van der Waals surface area contributed by atoms with Gasteiger partial charge in [0.05, 0.1) is 18.1 Å². The quantitative estimate of drug-likeness (QED) is 0.492. The second-order valence-corrected chi connectivity index (χ2v) is 6.48. The molecule has 0 amide bonds. The van der Waals surface area contributed by atoms with E-state index in [1.807, 2.05) is 6.07 Å². The van der Waals surface area contributed by atoms with Crippen molar-refractivity contribution in [1.82, 2.24) is 4.40 Å². The van der Waals surface area contributed by atoms with Gasteiger partial charge in [0.1, 0.15) is 5.75 Å². The zero-order valence-corrected chi connectivity index (χ0v) is 13.8. The molecular weight excluding hydrogens is 294 g/mol. The lowest BCUT2D eigenvalue weighted by Gasteiger charge is -2.23. The highest BCUT2D eigenvalue weighted by atomic mass is 16.5. The summed E-state index contributed by atoms with van der Waals surface area (Å²) in [4.78, 5) is 0. The van der Waals surface area contributed by atoms with E-state index in [1.165, 1.54) is 51.5 Å². The molecule has 0 atom stereocenters. The van der Waals surface area contributed by atoms with Crippen LogP contribution in [0.15, 0.2) is 60.8 Å². The molecular formula is C22H19NO. The third kappa shape index (κ3) is 1.77. The Morgan fingerprint density at radius 3 is 2.67 bits per heavy atom. The van der Waals surface area contributed by atoms with Crippen molar-refractivity contribution in [3.05, 3.63) is 71.9 Å². The maximum atomic E-state index is 5.68. The zero-order valence-electron chi connectivity index (χ0n) is 13.8. The Morgan fingerprint density at radius 1 is 0.875 bits per heavy atom. The van der Waals surface area contributed by atoms with Gasteiger partial charge in [-0.3, -0.25) is 0 Å². The molecule has 2 aromatic carbocycles. The van der Waals surface area contributed by atoms with Gasteiger partial charge in [0.2, 0.25) is 0 Å². The molecule has 0 unspecified atom stereocenters. The van der Waals surface area contributed by atoms with Crippen LogP contribution in [-0.2, 0) is 12.8 Å². The number of hydrogen-bond donors (Lipinski definition) is 0. The van der Waals surface area contributed by atoms with Crippen LogP contribution >= 0.6 is 0 Å². The monoisotopic (exact) mass is 313 g/mol. The molecule has 4 aromatic rings. The lowest BCUT2D eigenvalue weighted by molar-refractivity contribution is 0.416. The topological polar surface area (TPSA) is 13.6 Å². The predicted octanol–water partition coefficient (Wildman–Crippen LogP) is 5.26. The molecule has 1 aliphatic rings. The Bertz CT molecular complexity index is 1070. The first kappa shape index (κ1) is 13.7. The van der Waals surface area contributed by atoms with Crippen LogP contribution in [0, 0.1) is 0 Å². The van der Waals surface area contributed by atoms with E-state index in [4.69, 9.17) is 4.74 Å². The van der Waals surface area contributed by atoms with E-state index >= 15 is 0 Å². The van der Waals surface area contributed by atoms with Crippen molar-refractivity contribution in [3.8, 4) is 16.9 Å². The first-order chi connectivity index (χ1) is 11.9. The van der Waals surface area contributed by atoms with Crippen LogP contribution in [-0.4, -0.2) is 11.5 Å². The van der Waals surface area contributed by atoms with E-state index in [2.05, 4.69) is 59.1 Å². The van der Waals surface area contributed by atoms with Crippen LogP contribution < -0.4 is 4.74 Å². The standard InChI is InChI=1S/C22H19NO/c1-24-20-13-3-2-9-16(20)22-17-10-4-7-15-8-5-11-18(21(15)17)23-14-6-12-19(22)23/h2-3,5-6,8-9,11-14H,4,7,10H2,1H3. The summed E-state index contributed by atoms with van der Waals surface area (Å²) in [5.74, 6) is 0.944. The molecule has 5 rings (SSSR count). The predicted molar refractivity (Wildman–Crippen MR) is 98.9 cm³/mol. The van der Waals surface area contributed by atoms with Gasteiger partial charge in [-0.15, -0.1) is 0 Å². The van der Waals surface area contributed by atoms with Gasteiger partial charge in [-0.2, -0.15) is 0 Å². The van der Waals surface area contributed by atoms with Crippen molar-refractivity contribution in [2.45, 2.75) is 19.3 Å². The molecule has 2 nitrogen and oxygen atoms in total. The number of fused-ring (bicyclic) bond motifs is 2. The molecule has 0 radical (unpaired) electrons. The van der Waals surface area contributed by atoms with E-state index in [1.54, 1.807) is 7.11 Å². The molecule has 2 heteroatoms. The average molecular weight is 313 g/mol. The highest BCUT2D eigenvalue weighted by Gasteiger charge is 2.22. The average Bonchev–Trinajstić information content (AvgIpc) is 3.12. The number of rotatable bonds is 2. The van der Waals surface area contributed by atoms with Crippen LogP contribution in [0.1, 0.15) is 17.5 Å². The van der Waals surface area contributed by atoms with E-state index in [0.29, 0.717) is 0 Å². The van der Waals surface area contributed by atoms with Crippen molar-refractivity contribution in [3.63, 3.8) is 0 Å². The van der Waals surface area contributed by atoms with Crippen LogP contribution in [0.25, 0.3) is 27.5 Å². The molecule has 0 spiro atoms. The van der Waals surface area contributed by atoms with E-state index in [-0.39, 0.29) is 0 Å². The second kappa shape index (κ2) is 5.13. The number of para-hydroxylation sites is 1. The largest absolute Gasteiger partial charge is 0.496 e. The molecule has 118 valence electrons. The van der Waals surface area contributed by atoms with Gasteiger partial charge >= 0.3 is 0 Å². The van der Waals surface area contributed by atoms with Gasteiger partial charge in [-0.25, -0.2) is 0 Å². The fourth-order valence-corrected chi connectivity index (χ4v) is 4.28. The van der Waals surface area contributed by atoms with Crippen LogP contribution in [0.2, 0.25) is 0 Å². The number of nitrogens with zero attached hydrogens (tertiary/aromatic N) is 1. The van der Waals surface area contributed by atoms with Crippen LogP contribution in [0.3, 0.4) is 0 Å². The van der Waals surface area contributed by atoms with Crippen LogP contribution in [0.5, 0.6) is 5.75 Å². The third-order valence-electron chi connectivity index (χ3n) is 5.25. The minimum Gasteiger partial charge on any atom is -0.496 e. The van der Waals surface area contributed by atoms with Gasteiger partial charge in [0.15, 0.2) is 0 Å². The van der Waals surface area contributed by atoms with Gasteiger partial charge in [-0.1, -0.05) is 30.3 Å². The Kier molecular flexibility index (Phi) is 2.93. The molecule has 2 heterocycles. The summed E-state index contributed by atoms with van der Waals surface area (Å²) >= 11 is 0. The summed E-state index contributed by atoms with van der Waals surface area (Å²) < 4.78 is 8.00. The number of ether oxygens (including phenoxy) is 1. The molecule has 1 aliphatic carbocycles. The summed E-state index contributed by atoms with van der Waals surface area (Å²) in [6.07, 6.45) is 5.68. The lowest BCUT2D eigenvalue weighted by Crippen LogP contribution is -2.07. The molecule has 0 N–H and O–H groups in total. The van der Waals surface area contributed by atoms with Crippen molar-refractivity contribution in [2.75, 3.05) is 7.11 Å². The molecule has 0 saturated carbocycles. The summed E-state index contributed by atoms with van der Waals surface area (Å²) in [7, 11) is 1.76. The van der Waals surface area contributed by atoms with E-state index in [9.17, 15) is 0 Å². The number of benzene rings is 2. The maximum Gasteiger partial charge on any atom is 0.126 e. The van der Waals surface area contributed by atoms with Gasteiger partial charge in [0, 0.05) is 22.7 Å². The Hall–Kier alpha value is -2.74. The van der Waals surface area contributed by atoms with E-state index < -0.39 is 0 Å². The Morgan fingerprint density at radius 2 is 1.75 bits per heavy atom. The fourth-order valence-electron chi connectivity index (χ4n) is 4.28. The normalized spacial score (nSPS) is 13.5. The van der Waals surface area contributed by atoms with Gasteiger partial charge in [0.25, 0.3) is 0 Å². The van der Waals surface area contributed by atoms with Crippen LogP contribution in [0.4, 0.5) is 0 Å². The minimum atomic E-state index is 0.944. The van der Waals surface area contributed by atoms with Gasteiger partial charge in [-0.05, 0) is 54.7 Å². The van der Waals surface area contributed by atoms with Gasteiger partial charge < -0.3 is 9.14 Å². The zero-order chi connectivity index (χ0) is 16.1. The summed E-state index contributed by atoms with van der Waals surface area (Å²) in [6.45, 7) is 0. The van der Waals surface area contributed by atoms with Crippen molar-refractivity contribution >= 4 is 16.4 Å². The fraction of sp³-hybridized carbons (Fsp3) is 0.182.